The zero-order valence-corrected chi connectivity index (χ0v) is 17.6. The number of ether oxygens (including phenoxy) is 1. The first-order chi connectivity index (χ1) is 15.9. The molecule has 9 nitrogen and oxygen atoms in total. The Morgan fingerprint density at radius 3 is 2.42 bits per heavy atom. The van der Waals surface area contributed by atoms with Gasteiger partial charge >= 0.3 is 0 Å². The van der Waals surface area contributed by atoms with Crippen LogP contribution in [0.25, 0.3) is 0 Å². The molecule has 166 valence electrons. The molecule has 33 heavy (non-hydrogen) atoms. The minimum absolute atomic E-state index is 0.115. The zero-order chi connectivity index (χ0) is 23.5. The molecule has 0 fully saturated rings. The molecule has 1 heterocycles. The first-order valence-electron chi connectivity index (χ1n) is 10.1. The predicted octanol–water partition coefficient (Wildman–Crippen LogP) is 3.69. The predicted molar refractivity (Wildman–Crippen MR) is 120 cm³/mol. The van der Waals surface area contributed by atoms with Crippen LogP contribution >= 0.6 is 0 Å². The van der Waals surface area contributed by atoms with Crippen molar-refractivity contribution in [3.05, 3.63) is 99.1 Å². The third kappa shape index (κ3) is 4.29. The Hall–Kier alpha value is -4.53. The lowest BCUT2D eigenvalue weighted by Gasteiger charge is -2.13. The van der Waals surface area contributed by atoms with Gasteiger partial charge in [0.25, 0.3) is 23.4 Å². The monoisotopic (exact) mass is 445 g/mol. The molecule has 0 atom stereocenters. The molecule has 3 amide bonds. The van der Waals surface area contributed by atoms with E-state index >= 15 is 0 Å². The molecule has 0 bridgehead atoms. The number of non-ortho nitro benzene ring substituents is 1. The highest BCUT2D eigenvalue weighted by molar-refractivity contribution is 6.22. The van der Waals surface area contributed by atoms with Gasteiger partial charge in [-0.25, -0.2) is 0 Å². The molecule has 9 heteroatoms. The van der Waals surface area contributed by atoms with E-state index in [1.165, 1.54) is 48.4 Å². The Kier molecular flexibility index (Phi) is 5.86. The first kappa shape index (κ1) is 21.7. The Morgan fingerprint density at radius 2 is 1.73 bits per heavy atom. The summed E-state index contributed by atoms with van der Waals surface area (Å²) in [5.74, 6) is -1.22. The number of nitro benzene ring substituents is 1. The summed E-state index contributed by atoms with van der Waals surface area (Å²) < 4.78 is 5.16. The minimum Gasteiger partial charge on any atom is -0.495 e. The summed E-state index contributed by atoms with van der Waals surface area (Å²) in [6, 6.07) is 17.6. The van der Waals surface area contributed by atoms with Crippen molar-refractivity contribution in [1.82, 2.24) is 4.90 Å². The lowest BCUT2D eigenvalue weighted by Crippen LogP contribution is -2.31. The molecule has 4 rings (SSSR count). The molecule has 0 aromatic heterocycles. The summed E-state index contributed by atoms with van der Waals surface area (Å²) in [6.07, 6.45) is 0.520. The quantitative estimate of drug-likeness (QED) is 0.337. The van der Waals surface area contributed by atoms with Crippen molar-refractivity contribution in [2.24, 2.45) is 0 Å². The average Bonchev–Trinajstić information content (AvgIpc) is 3.07. The van der Waals surface area contributed by atoms with Gasteiger partial charge in [0.05, 0.1) is 28.8 Å². The van der Waals surface area contributed by atoms with Crippen LogP contribution in [0.5, 0.6) is 5.75 Å². The van der Waals surface area contributed by atoms with E-state index in [1.807, 2.05) is 30.3 Å². The van der Waals surface area contributed by atoms with Crippen LogP contribution in [0.4, 0.5) is 11.4 Å². The van der Waals surface area contributed by atoms with Gasteiger partial charge in [-0.05, 0) is 36.2 Å². The maximum absolute atomic E-state index is 12.9. The van der Waals surface area contributed by atoms with Crippen LogP contribution in [-0.2, 0) is 6.42 Å². The molecule has 3 aromatic carbocycles. The second-order valence-electron chi connectivity index (χ2n) is 7.35. The van der Waals surface area contributed by atoms with E-state index in [0.717, 1.165) is 5.56 Å². The molecule has 0 radical (unpaired) electrons. The third-order valence-corrected chi connectivity index (χ3v) is 5.34. The van der Waals surface area contributed by atoms with Crippen molar-refractivity contribution in [3.63, 3.8) is 0 Å². The summed E-state index contributed by atoms with van der Waals surface area (Å²) in [4.78, 5) is 50.0. The van der Waals surface area contributed by atoms with Gasteiger partial charge in [0.1, 0.15) is 5.75 Å². The van der Waals surface area contributed by atoms with Gasteiger partial charge in [-0.15, -0.1) is 0 Å². The largest absolute Gasteiger partial charge is 0.495 e. The van der Waals surface area contributed by atoms with Crippen molar-refractivity contribution in [1.29, 1.82) is 0 Å². The van der Waals surface area contributed by atoms with E-state index < -0.39 is 22.6 Å². The van der Waals surface area contributed by atoms with Crippen LogP contribution in [-0.4, -0.2) is 41.2 Å². The van der Waals surface area contributed by atoms with E-state index in [-0.39, 0.29) is 40.4 Å². The Bertz CT molecular complexity index is 1270. The van der Waals surface area contributed by atoms with Gasteiger partial charge in [-0.3, -0.25) is 29.4 Å². The number of amides is 3. The summed E-state index contributed by atoms with van der Waals surface area (Å²) in [5, 5.41) is 13.6. The number of imide groups is 1. The van der Waals surface area contributed by atoms with Gasteiger partial charge < -0.3 is 10.1 Å². The topological polar surface area (TPSA) is 119 Å². The third-order valence-electron chi connectivity index (χ3n) is 5.34. The molecular formula is C24H19N3O6. The van der Waals surface area contributed by atoms with Crippen LogP contribution in [0.15, 0.2) is 66.7 Å². The maximum atomic E-state index is 12.9. The fourth-order valence-corrected chi connectivity index (χ4v) is 3.62. The second-order valence-corrected chi connectivity index (χ2v) is 7.35. The normalized spacial score (nSPS) is 12.5. The van der Waals surface area contributed by atoms with Crippen molar-refractivity contribution < 1.29 is 24.0 Å². The van der Waals surface area contributed by atoms with E-state index in [9.17, 15) is 24.5 Å². The zero-order valence-electron chi connectivity index (χ0n) is 17.6. The number of nitrogens with zero attached hydrogens (tertiary/aromatic N) is 2. The number of nitro groups is 1. The van der Waals surface area contributed by atoms with E-state index in [0.29, 0.717) is 6.42 Å². The number of benzene rings is 3. The van der Waals surface area contributed by atoms with Crippen molar-refractivity contribution in [3.8, 4) is 5.75 Å². The fourth-order valence-electron chi connectivity index (χ4n) is 3.62. The van der Waals surface area contributed by atoms with Gasteiger partial charge in [-0.2, -0.15) is 0 Å². The highest BCUT2D eigenvalue weighted by atomic mass is 16.6. The molecule has 0 spiro atoms. The molecule has 0 saturated carbocycles. The van der Waals surface area contributed by atoms with Crippen LogP contribution in [0, 0.1) is 10.1 Å². The molecule has 0 unspecified atom stereocenters. The smallest absolute Gasteiger partial charge is 0.271 e. The lowest BCUT2D eigenvalue weighted by atomic mass is 10.1. The van der Waals surface area contributed by atoms with Gasteiger partial charge in [0.15, 0.2) is 0 Å². The maximum Gasteiger partial charge on any atom is 0.271 e. The van der Waals surface area contributed by atoms with Crippen molar-refractivity contribution in [2.75, 3.05) is 19.0 Å². The number of fused-ring (bicyclic) bond motifs is 1. The second kappa shape index (κ2) is 8.91. The molecule has 1 aliphatic rings. The van der Waals surface area contributed by atoms with Gasteiger partial charge in [-0.1, -0.05) is 30.3 Å². The Balaban J connectivity index is 1.54. The lowest BCUT2D eigenvalue weighted by molar-refractivity contribution is -0.384. The summed E-state index contributed by atoms with van der Waals surface area (Å²) in [6.45, 7) is 0.225. The molecular weight excluding hydrogens is 426 g/mol. The number of nitrogens with one attached hydrogen (secondary N) is 1. The van der Waals surface area contributed by atoms with Crippen molar-refractivity contribution in [2.45, 2.75) is 6.42 Å². The van der Waals surface area contributed by atoms with Gasteiger partial charge in [0, 0.05) is 24.2 Å². The standard InChI is InChI=1S/C24H19N3O6/c1-33-21-10-8-17(27(31)32)14-20(21)25-22(28)16-7-9-18-19(13-16)24(30)26(23(18)29)12-11-15-5-3-2-4-6-15/h2-10,13-14H,11-12H2,1H3,(H,25,28). The number of anilines is 1. The van der Waals surface area contributed by atoms with Gasteiger partial charge in [0.2, 0.25) is 0 Å². The Labute approximate surface area is 188 Å². The number of carbonyl (C=O) groups excluding carboxylic acids is 3. The number of hydrogen-bond donors (Lipinski definition) is 1. The number of methoxy groups -OCH3 is 1. The van der Waals surface area contributed by atoms with E-state index in [1.54, 1.807) is 0 Å². The number of rotatable bonds is 7. The molecule has 1 aliphatic heterocycles. The van der Waals surface area contributed by atoms with Crippen LogP contribution in [0.3, 0.4) is 0 Å². The average molecular weight is 445 g/mol. The van der Waals surface area contributed by atoms with E-state index in [4.69, 9.17) is 4.74 Å². The number of hydrogen-bond acceptors (Lipinski definition) is 6. The van der Waals surface area contributed by atoms with E-state index in [2.05, 4.69) is 5.32 Å². The summed E-state index contributed by atoms with van der Waals surface area (Å²) in [5.41, 5.74) is 1.41. The highest BCUT2D eigenvalue weighted by Gasteiger charge is 2.35. The SMILES string of the molecule is COc1ccc([N+](=O)[O-])cc1NC(=O)c1ccc2c(c1)C(=O)N(CCc1ccccc1)C2=O. The summed E-state index contributed by atoms with van der Waals surface area (Å²) >= 11 is 0. The van der Waals surface area contributed by atoms with Crippen molar-refractivity contribution >= 4 is 29.1 Å². The Morgan fingerprint density at radius 1 is 1.00 bits per heavy atom. The first-order valence-corrected chi connectivity index (χ1v) is 10.1. The highest BCUT2D eigenvalue weighted by Crippen LogP contribution is 2.30. The molecule has 0 saturated heterocycles. The van der Waals surface area contributed by atoms with Crippen LogP contribution < -0.4 is 10.1 Å². The fraction of sp³-hybridized carbons (Fsp3) is 0.125. The molecule has 1 N–H and O–H groups in total. The summed E-state index contributed by atoms with van der Waals surface area (Å²) in [7, 11) is 1.38. The number of carbonyl (C=O) groups is 3. The van der Waals surface area contributed by atoms with Crippen LogP contribution in [0.1, 0.15) is 36.6 Å². The molecule has 0 aliphatic carbocycles. The molecule has 3 aromatic rings. The van der Waals surface area contributed by atoms with Crippen LogP contribution in [0.2, 0.25) is 0 Å². The minimum atomic E-state index is -0.598.